The molecular weight excluding hydrogens is 286 g/mol. The van der Waals surface area contributed by atoms with Crippen LogP contribution < -0.4 is 0 Å². The quantitative estimate of drug-likeness (QED) is 0.522. The van der Waals surface area contributed by atoms with Crippen molar-refractivity contribution < 1.29 is 9.53 Å². The highest BCUT2D eigenvalue weighted by Gasteiger charge is 2.09. The number of halogens is 1. The topological polar surface area (TPSA) is 39.2 Å². The van der Waals surface area contributed by atoms with Crippen LogP contribution in [0.2, 0.25) is 5.15 Å². The zero-order valence-corrected chi connectivity index (χ0v) is 12.1. The van der Waals surface area contributed by atoms with Crippen LogP contribution in [-0.2, 0) is 4.74 Å². The molecule has 0 aliphatic carbocycles. The number of nitrogens with zero attached hydrogens (tertiary/aromatic N) is 1. The second-order valence-electron chi connectivity index (χ2n) is 4.60. The van der Waals surface area contributed by atoms with Crippen LogP contribution in [0.1, 0.15) is 10.4 Å². The molecule has 0 spiro atoms. The van der Waals surface area contributed by atoms with Crippen molar-refractivity contribution in [2.45, 2.75) is 0 Å². The van der Waals surface area contributed by atoms with Gasteiger partial charge in [0.15, 0.2) is 0 Å². The summed E-state index contributed by atoms with van der Waals surface area (Å²) in [4.78, 5) is 15.8. The maximum absolute atomic E-state index is 11.7. The Balaban J connectivity index is 2.22. The average Bonchev–Trinajstić information content (AvgIpc) is 2.54. The van der Waals surface area contributed by atoms with Gasteiger partial charge in [-0.25, -0.2) is 9.78 Å². The Morgan fingerprint density at radius 2 is 2.00 bits per heavy atom. The van der Waals surface area contributed by atoms with Gasteiger partial charge in [0.05, 0.1) is 12.7 Å². The van der Waals surface area contributed by atoms with Gasteiger partial charge in [0, 0.05) is 11.8 Å². The van der Waals surface area contributed by atoms with Crippen LogP contribution in [0.5, 0.6) is 0 Å². The molecule has 0 aliphatic rings. The maximum atomic E-state index is 11.7. The van der Waals surface area contributed by atoms with Crippen molar-refractivity contribution in [1.82, 2.24) is 4.98 Å². The molecule has 1 heterocycles. The SMILES string of the molecule is COC(=O)c1ccc2cccc(-c3ccc(Cl)nc3)c2c1. The highest BCUT2D eigenvalue weighted by molar-refractivity contribution is 6.29. The highest BCUT2D eigenvalue weighted by atomic mass is 35.5. The van der Waals surface area contributed by atoms with E-state index in [9.17, 15) is 4.79 Å². The first-order valence-electron chi connectivity index (χ1n) is 6.42. The molecule has 104 valence electrons. The zero-order valence-electron chi connectivity index (χ0n) is 11.3. The van der Waals surface area contributed by atoms with Crippen molar-refractivity contribution in [2.75, 3.05) is 7.11 Å². The Bertz CT molecular complexity index is 813. The number of pyridine rings is 1. The molecule has 3 aromatic rings. The first-order valence-corrected chi connectivity index (χ1v) is 6.80. The Kier molecular flexibility index (Phi) is 3.59. The smallest absolute Gasteiger partial charge is 0.337 e. The third-order valence-corrected chi connectivity index (χ3v) is 3.57. The van der Waals surface area contributed by atoms with Crippen molar-refractivity contribution in [3.8, 4) is 11.1 Å². The average molecular weight is 298 g/mol. The lowest BCUT2D eigenvalue weighted by molar-refractivity contribution is 0.0601. The molecule has 0 fully saturated rings. The van der Waals surface area contributed by atoms with E-state index in [0.717, 1.165) is 21.9 Å². The van der Waals surface area contributed by atoms with Crippen molar-refractivity contribution in [3.05, 3.63) is 65.4 Å². The summed E-state index contributed by atoms with van der Waals surface area (Å²) in [7, 11) is 1.38. The number of carbonyl (C=O) groups excluding carboxylic acids is 1. The van der Waals surface area contributed by atoms with Gasteiger partial charge >= 0.3 is 5.97 Å². The molecule has 3 nitrogen and oxygen atoms in total. The van der Waals surface area contributed by atoms with E-state index < -0.39 is 0 Å². The monoisotopic (exact) mass is 297 g/mol. The molecule has 0 saturated heterocycles. The van der Waals surface area contributed by atoms with E-state index in [-0.39, 0.29) is 5.97 Å². The normalized spacial score (nSPS) is 10.6. The number of ether oxygens (including phenoxy) is 1. The molecule has 0 saturated carbocycles. The van der Waals surface area contributed by atoms with Gasteiger partial charge in [-0.05, 0) is 40.6 Å². The van der Waals surface area contributed by atoms with E-state index in [4.69, 9.17) is 16.3 Å². The molecule has 0 amide bonds. The van der Waals surface area contributed by atoms with E-state index in [0.29, 0.717) is 10.7 Å². The predicted molar refractivity (Wildman–Crippen MR) is 83.5 cm³/mol. The lowest BCUT2D eigenvalue weighted by Gasteiger charge is -2.08. The van der Waals surface area contributed by atoms with Gasteiger partial charge in [-0.1, -0.05) is 35.9 Å². The molecule has 0 aliphatic heterocycles. The highest BCUT2D eigenvalue weighted by Crippen LogP contribution is 2.29. The molecule has 2 aromatic carbocycles. The molecule has 4 heteroatoms. The van der Waals surface area contributed by atoms with Gasteiger partial charge in [-0.15, -0.1) is 0 Å². The fraction of sp³-hybridized carbons (Fsp3) is 0.0588. The molecular formula is C17H12ClNO2. The summed E-state index contributed by atoms with van der Waals surface area (Å²) in [6, 6.07) is 15.1. The summed E-state index contributed by atoms with van der Waals surface area (Å²) < 4.78 is 4.78. The fourth-order valence-electron chi connectivity index (χ4n) is 2.30. The van der Waals surface area contributed by atoms with Gasteiger partial charge in [-0.3, -0.25) is 0 Å². The standard InChI is InChI=1S/C17H12ClNO2/c1-21-17(20)12-6-5-11-3-2-4-14(15(11)9-12)13-7-8-16(18)19-10-13/h2-10H,1H3. The Hall–Kier alpha value is -2.39. The minimum absolute atomic E-state index is 0.346. The number of rotatable bonds is 2. The summed E-state index contributed by atoms with van der Waals surface area (Å²) in [6.45, 7) is 0. The van der Waals surface area contributed by atoms with Crippen molar-refractivity contribution in [2.24, 2.45) is 0 Å². The lowest BCUT2D eigenvalue weighted by Crippen LogP contribution is -2.00. The summed E-state index contributed by atoms with van der Waals surface area (Å²) in [6.07, 6.45) is 1.72. The Morgan fingerprint density at radius 3 is 2.71 bits per heavy atom. The van der Waals surface area contributed by atoms with Crippen molar-refractivity contribution >= 4 is 28.3 Å². The summed E-state index contributed by atoms with van der Waals surface area (Å²) >= 11 is 5.83. The molecule has 0 radical (unpaired) electrons. The van der Waals surface area contributed by atoms with E-state index in [2.05, 4.69) is 4.98 Å². The summed E-state index contributed by atoms with van der Waals surface area (Å²) in [5.74, 6) is -0.346. The van der Waals surface area contributed by atoms with Crippen LogP contribution in [0.3, 0.4) is 0 Å². The van der Waals surface area contributed by atoms with E-state index >= 15 is 0 Å². The molecule has 0 unspecified atom stereocenters. The second kappa shape index (κ2) is 5.54. The van der Waals surface area contributed by atoms with Gasteiger partial charge in [0.2, 0.25) is 0 Å². The van der Waals surface area contributed by atoms with Gasteiger partial charge < -0.3 is 4.74 Å². The van der Waals surface area contributed by atoms with E-state index in [1.54, 1.807) is 18.3 Å². The number of fused-ring (bicyclic) bond motifs is 1. The number of benzene rings is 2. The molecule has 0 bridgehead atoms. The van der Waals surface area contributed by atoms with Crippen LogP contribution in [0.25, 0.3) is 21.9 Å². The number of aromatic nitrogens is 1. The zero-order chi connectivity index (χ0) is 14.8. The van der Waals surface area contributed by atoms with Gasteiger partial charge in [0.25, 0.3) is 0 Å². The second-order valence-corrected chi connectivity index (χ2v) is 4.99. The Labute approximate surface area is 127 Å². The minimum Gasteiger partial charge on any atom is -0.465 e. The maximum Gasteiger partial charge on any atom is 0.337 e. The number of carbonyl (C=O) groups is 1. The fourth-order valence-corrected chi connectivity index (χ4v) is 2.42. The van der Waals surface area contributed by atoms with Crippen LogP contribution in [0.15, 0.2) is 54.7 Å². The molecule has 0 atom stereocenters. The Morgan fingerprint density at radius 1 is 1.14 bits per heavy atom. The number of methoxy groups -OCH3 is 1. The van der Waals surface area contributed by atoms with E-state index in [1.165, 1.54) is 7.11 Å². The van der Waals surface area contributed by atoms with Crippen molar-refractivity contribution in [3.63, 3.8) is 0 Å². The summed E-state index contributed by atoms with van der Waals surface area (Å²) in [5.41, 5.74) is 2.48. The number of hydrogen-bond acceptors (Lipinski definition) is 3. The van der Waals surface area contributed by atoms with Gasteiger partial charge in [0.1, 0.15) is 5.15 Å². The largest absolute Gasteiger partial charge is 0.465 e. The third-order valence-electron chi connectivity index (χ3n) is 3.34. The molecule has 1 aromatic heterocycles. The lowest BCUT2D eigenvalue weighted by atomic mass is 9.98. The third kappa shape index (κ3) is 2.60. The van der Waals surface area contributed by atoms with Crippen LogP contribution in [0.4, 0.5) is 0 Å². The summed E-state index contributed by atoms with van der Waals surface area (Å²) in [5, 5.41) is 2.48. The first-order chi connectivity index (χ1) is 10.2. The van der Waals surface area contributed by atoms with E-state index in [1.807, 2.05) is 36.4 Å². The molecule has 21 heavy (non-hydrogen) atoms. The van der Waals surface area contributed by atoms with Crippen LogP contribution in [-0.4, -0.2) is 18.1 Å². The number of esters is 1. The molecule has 3 rings (SSSR count). The predicted octanol–water partition coefficient (Wildman–Crippen LogP) is 4.34. The van der Waals surface area contributed by atoms with Crippen molar-refractivity contribution in [1.29, 1.82) is 0 Å². The number of hydrogen-bond donors (Lipinski definition) is 0. The van der Waals surface area contributed by atoms with Gasteiger partial charge in [-0.2, -0.15) is 0 Å². The van der Waals surface area contributed by atoms with Crippen LogP contribution in [0, 0.1) is 0 Å². The minimum atomic E-state index is -0.346. The first kappa shape index (κ1) is 13.6. The molecule has 0 N–H and O–H groups in total. The van der Waals surface area contributed by atoms with Crippen LogP contribution >= 0.6 is 11.6 Å².